The number of nitrogens with two attached hydrogens (primary N) is 1. The van der Waals surface area contributed by atoms with Gasteiger partial charge >= 0.3 is 0 Å². The van der Waals surface area contributed by atoms with Crippen LogP contribution >= 0.6 is 11.6 Å². The molecule has 4 heteroatoms. The Morgan fingerprint density at radius 1 is 1.60 bits per heavy atom. The van der Waals surface area contributed by atoms with Crippen molar-refractivity contribution in [3.63, 3.8) is 0 Å². The zero-order valence-corrected chi connectivity index (χ0v) is 10.1. The lowest BCUT2D eigenvalue weighted by Crippen LogP contribution is -2.18. The highest BCUT2D eigenvalue weighted by Gasteiger charge is 2.23. The number of nitrogens with zero attached hydrogens (tertiary/aromatic N) is 2. The molecule has 0 amide bonds. The second-order valence-corrected chi connectivity index (χ2v) is 4.99. The van der Waals surface area contributed by atoms with Gasteiger partial charge in [-0.2, -0.15) is 5.10 Å². The van der Waals surface area contributed by atoms with Crippen LogP contribution in [0.2, 0.25) is 5.02 Å². The van der Waals surface area contributed by atoms with Gasteiger partial charge in [0.15, 0.2) is 0 Å². The van der Waals surface area contributed by atoms with E-state index in [1.165, 1.54) is 25.7 Å². The summed E-state index contributed by atoms with van der Waals surface area (Å²) in [5, 5.41) is 4.99. The molecule has 2 N–H and O–H groups in total. The van der Waals surface area contributed by atoms with Crippen LogP contribution in [0.5, 0.6) is 0 Å². The van der Waals surface area contributed by atoms with Crippen LogP contribution in [0.4, 0.5) is 5.82 Å². The van der Waals surface area contributed by atoms with E-state index in [1.54, 1.807) is 0 Å². The monoisotopic (exact) mass is 227 g/mol. The zero-order valence-electron chi connectivity index (χ0n) is 9.33. The molecule has 0 aromatic carbocycles. The van der Waals surface area contributed by atoms with Gasteiger partial charge in [-0.1, -0.05) is 30.9 Å². The van der Waals surface area contributed by atoms with E-state index in [4.69, 9.17) is 17.3 Å². The molecule has 1 atom stereocenters. The molecule has 1 aromatic rings. The van der Waals surface area contributed by atoms with Crippen molar-refractivity contribution in [3.8, 4) is 0 Å². The Balaban J connectivity index is 2.10. The highest BCUT2D eigenvalue weighted by Crippen LogP contribution is 2.35. The smallest absolute Gasteiger partial charge is 0.141 e. The topological polar surface area (TPSA) is 43.8 Å². The molecule has 2 rings (SSSR count). The first-order chi connectivity index (χ1) is 7.09. The molecule has 0 saturated heterocycles. The average molecular weight is 228 g/mol. The molecule has 0 spiro atoms. The summed E-state index contributed by atoms with van der Waals surface area (Å²) in [4.78, 5) is 0. The minimum atomic E-state index is 0.362. The van der Waals surface area contributed by atoms with Crippen LogP contribution in [0.15, 0.2) is 0 Å². The highest BCUT2D eigenvalue weighted by molar-refractivity contribution is 6.33. The third kappa shape index (κ3) is 1.98. The first-order valence-electron chi connectivity index (χ1n) is 5.59. The molecule has 1 fully saturated rings. The number of anilines is 1. The van der Waals surface area contributed by atoms with Crippen LogP contribution in [0.1, 0.15) is 44.3 Å². The quantitative estimate of drug-likeness (QED) is 0.862. The first kappa shape index (κ1) is 10.8. The molecule has 1 aliphatic carbocycles. The predicted octanol–water partition coefficient (Wildman–Crippen LogP) is 3.18. The molecule has 3 nitrogen and oxygen atoms in total. The van der Waals surface area contributed by atoms with Crippen molar-refractivity contribution in [1.82, 2.24) is 9.78 Å². The third-order valence-electron chi connectivity index (χ3n) is 3.36. The van der Waals surface area contributed by atoms with Crippen molar-refractivity contribution in [2.45, 2.75) is 45.6 Å². The summed E-state index contributed by atoms with van der Waals surface area (Å²) in [6.07, 6.45) is 5.27. The van der Waals surface area contributed by atoms with Gasteiger partial charge in [-0.05, 0) is 26.2 Å². The maximum absolute atomic E-state index is 6.02. The molecule has 84 valence electrons. The predicted molar refractivity (Wildman–Crippen MR) is 63.1 cm³/mol. The van der Waals surface area contributed by atoms with Gasteiger partial charge in [-0.3, -0.25) is 0 Å². The van der Waals surface area contributed by atoms with E-state index >= 15 is 0 Å². The van der Waals surface area contributed by atoms with Crippen molar-refractivity contribution in [3.05, 3.63) is 10.7 Å². The minimum Gasteiger partial charge on any atom is -0.383 e. The maximum Gasteiger partial charge on any atom is 0.141 e. The normalized spacial score (nSPS) is 18.9. The lowest BCUT2D eigenvalue weighted by molar-refractivity contribution is 0.251. The van der Waals surface area contributed by atoms with Gasteiger partial charge in [0.2, 0.25) is 0 Å². The molecule has 0 aliphatic heterocycles. The number of nitrogen functional groups attached to an aromatic ring is 1. The molecule has 1 heterocycles. The van der Waals surface area contributed by atoms with Crippen LogP contribution in [0.3, 0.4) is 0 Å². The second-order valence-electron chi connectivity index (χ2n) is 4.61. The number of halogens is 1. The molecule has 0 bridgehead atoms. The summed E-state index contributed by atoms with van der Waals surface area (Å²) < 4.78 is 1.87. The molecule has 0 radical (unpaired) electrons. The summed E-state index contributed by atoms with van der Waals surface area (Å²) in [5.41, 5.74) is 6.74. The van der Waals surface area contributed by atoms with Gasteiger partial charge in [0.1, 0.15) is 10.8 Å². The van der Waals surface area contributed by atoms with Crippen LogP contribution in [0.25, 0.3) is 0 Å². The largest absolute Gasteiger partial charge is 0.383 e. The Labute approximate surface area is 95.6 Å². The number of aromatic nitrogens is 2. The first-order valence-corrected chi connectivity index (χ1v) is 5.97. The van der Waals surface area contributed by atoms with Crippen LogP contribution < -0.4 is 5.73 Å². The van der Waals surface area contributed by atoms with Crippen molar-refractivity contribution >= 4 is 17.4 Å². The van der Waals surface area contributed by atoms with Gasteiger partial charge in [0.25, 0.3) is 0 Å². The lowest BCUT2D eigenvalue weighted by Gasteiger charge is -2.28. The van der Waals surface area contributed by atoms with E-state index in [0.29, 0.717) is 16.9 Å². The van der Waals surface area contributed by atoms with E-state index in [0.717, 1.165) is 11.6 Å². The van der Waals surface area contributed by atoms with Gasteiger partial charge in [0.05, 0.1) is 11.7 Å². The summed E-state index contributed by atoms with van der Waals surface area (Å²) >= 11 is 6.02. The van der Waals surface area contributed by atoms with Crippen molar-refractivity contribution in [2.75, 3.05) is 5.73 Å². The van der Waals surface area contributed by atoms with E-state index in [2.05, 4.69) is 12.0 Å². The van der Waals surface area contributed by atoms with E-state index in [-0.39, 0.29) is 0 Å². The fraction of sp³-hybridized carbons (Fsp3) is 0.727. The standard InChI is InChI=1S/C11H18ClN3/c1-7(6-9-4-3-5-9)15-11(13)10(12)8(2)14-15/h7,9H,3-6,13H2,1-2H3. The van der Waals surface area contributed by atoms with Gasteiger partial charge in [0, 0.05) is 0 Å². The van der Waals surface area contributed by atoms with E-state index in [9.17, 15) is 0 Å². The SMILES string of the molecule is Cc1nn(C(C)CC2CCC2)c(N)c1Cl. The van der Waals surface area contributed by atoms with Crippen LogP contribution in [0, 0.1) is 12.8 Å². The summed E-state index contributed by atoms with van der Waals surface area (Å²) in [5.74, 6) is 1.48. The minimum absolute atomic E-state index is 0.362. The average Bonchev–Trinajstić information content (AvgIpc) is 2.39. The Morgan fingerprint density at radius 3 is 2.67 bits per heavy atom. The van der Waals surface area contributed by atoms with Crippen molar-refractivity contribution < 1.29 is 0 Å². The molecule has 1 aromatic heterocycles. The summed E-state index contributed by atoms with van der Waals surface area (Å²) in [6, 6.07) is 0.362. The maximum atomic E-state index is 6.02. The Kier molecular flexibility index (Phi) is 2.91. The third-order valence-corrected chi connectivity index (χ3v) is 3.83. The van der Waals surface area contributed by atoms with E-state index < -0.39 is 0 Å². The number of aryl methyl sites for hydroxylation is 1. The second kappa shape index (κ2) is 4.05. The summed E-state index contributed by atoms with van der Waals surface area (Å²) in [6.45, 7) is 4.06. The van der Waals surface area contributed by atoms with Crippen LogP contribution in [-0.4, -0.2) is 9.78 Å². The van der Waals surface area contributed by atoms with Gasteiger partial charge in [-0.25, -0.2) is 4.68 Å². The summed E-state index contributed by atoms with van der Waals surface area (Å²) in [7, 11) is 0. The molecule has 1 aliphatic rings. The molecular weight excluding hydrogens is 210 g/mol. The molecular formula is C11H18ClN3. The fourth-order valence-corrected chi connectivity index (χ4v) is 2.32. The number of rotatable bonds is 3. The molecule has 1 saturated carbocycles. The number of hydrogen-bond donors (Lipinski definition) is 1. The highest BCUT2D eigenvalue weighted by atomic mass is 35.5. The van der Waals surface area contributed by atoms with Crippen LogP contribution in [-0.2, 0) is 0 Å². The van der Waals surface area contributed by atoms with Gasteiger partial charge < -0.3 is 5.73 Å². The van der Waals surface area contributed by atoms with Gasteiger partial charge in [-0.15, -0.1) is 0 Å². The fourth-order valence-electron chi connectivity index (χ4n) is 2.19. The Hall–Kier alpha value is -0.700. The molecule has 1 unspecified atom stereocenters. The Morgan fingerprint density at radius 2 is 2.27 bits per heavy atom. The van der Waals surface area contributed by atoms with E-state index in [1.807, 2.05) is 11.6 Å². The Bertz CT molecular complexity index is 355. The number of hydrogen-bond acceptors (Lipinski definition) is 2. The van der Waals surface area contributed by atoms with Crippen molar-refractivity contribution in [1.29, 1.82) is 0 Å². The zero-order chi connectivity index (χ0) is 11.0. The molecule has 15 heavy (non-hydrogen) atoms. The lowest BCUT2D eigenvalue weighted by atomic mass is 9.81. The van der Waals surface area contributed by atoms with Crippen molar-refractivity contribution in [2.24, 2.45) is 5.92 Å².